The van der Waals surface area contributed by atoms with Gasteiger partial charge in [0.05, 0.1) is 18.0 Å². The van der Waals surface area contributed by atoms with Crippen molar-refractivity contribution in [2.24, 2.45) is 0 Å². The monoisotopic (exact) mass is 274 g/mol. The molecule has 1 heterocycles. The lowest BCUT2D eigenvalue weighted by Gasteiger charge is -1.93. The van der Waals surface area contributed by atoms with Crippen LogP contribution in [0.25, 0.3) is 10.9 Å². The third-order valence-electron chi connectivity index (χ3n) is 1.68. The first-order chi connectivity index (χ1) is 5.81. The van der Waals surface area contributed by atoms with E-state index in [0.29, 0.717) is 5.88 Å². The molecule has 0 aliphatic heterocycles. The zero-order valence-electron chi connectivity index (χ0n) is 6.47. The highest BCUT2D eigenvalue weighted by Crippen LogP contribution is 2.23. The van der Waals surface area contributed by atoms with Crippen LogP contribution in [0.1, 0.15) is 0 Å². The van der Waals surface area contributed by atoms with Crippen molar-refractivity contribution in [1.29, 1.82) is 0 Å². The molecule has 1 aromatic heterocycles. The van der Waals surface area contributed by atoms with Crippen molar-refractivity contribution in [2.45, 2.75) is 0 Å². The summed E-state index contributed by atoms with van der Waals surface area (Å²) in [6.07, 6.45) is 0. The Kier molecular flexibility index (Phi) is 1.92. The molecule has 1 N–H and O–H groups in total. The second-order valence-electron chi connectivity index (χ2n) is 2.42. The Bertz CT molecular complexity index is 410. The summed E-state index contributed by atoms with van der Waals surface area (Å²) in [6.45, 7) is 0. The van der Waals surface area contributed by atoms with Crippen LogP contribution in [0.4, 0.5) is 0 Å². The number of ether oxygens (including phenoxy) is 1. The van der Waals surface area contributed by atoms with Gasteiger partial charge in [-0.25, -0.2) is 0 Å². The predicted octanol–water partition coefficient (Wildman–Crippen LogP) is 2.18. The van der Waals surface area contributed by atoms with E-state index in [-0.39, 0.29) is 0 Å². The fourth-order valence-electron chi connectivity index (χ4n) is 1.12. The fraction of sp³-hybridized carbons (Fsp3) is 0.125. The van der Waals surface area contributed by atoms with Crippen molar-refractivity contribution >= 4 is 33.5 Å². The number of fused-ring (bicyclic) bond motifs is 1. The topological polar surface area (TPSA) is 37.9 Å². The highest BCUT2D eigenvalue weighted by molar-refractivity contribution is 14.1. The number of aromatic nitrogens is 2. The molecule has 4 heteroatoms. The Hall–Kier alpha value is -0.780. The molecule has 0 atom stereocenters. The van der Waals surface area contributed by atoms with Crippen LogP contribution in [-0.4, -0.2) is 17.3 Å². The van der Waals surface area contributed by atoms with E-state index in [1.165, 1.54) is 3.57 Å². The van der Waals surface area contributed by atoms with Crippen molar-refractivity contribution in [2.75, 3.05) is 7.11 Å². The van der Waals surface area contributed by atoms with Gasteiger partial charge in [-0.3, -0.25) is 5.10 Å². The summed E-state index contributed by atoms with van der Waals surface area (Å²) in [6, 6.07) is 6.06. The maximum Gasteiger partial charge on any atom is 0.240 e. The molecule has 0 radical (unpaired) electrons. The van der Waals surface area contributed by atoms with Crippen molar-refractivity contribution < 1.29 is 4.74 Å². The maximum absolute atomic E-state index is 5.06. The highest BCUT2D eigenvalue weighted by Gasteiger charge is 2.04. The van der Waals surface area contributed by atoms with Crippen molar-refractivity contribution in [1.82, 2.24) is 10.2 Å². The van der Waals surface area contributed by atoms with E-state index in [9.17, 15) is 0 Å². The second kappa shape index (κ2) is 2.93. The first kappa shape index (κ1) is 7.85. The largest absolute Gasteiger partial charge is 0.480 e. The van der Waals surface area contributed by atoms with Gasteiger partial charge < -0.3 is 4.74 Å². The number of H-pyrrole nitrogens is 1. The third-order valence-corrected chi connectivity index (χ3v) is 2.35. The standard InChI is InChI=1S/C8H7IN2O/c1-12-8-6-3-2-5(9)4-7(6)10-11-8/h2-4H,1H3,(H,10,11). The van der Waals surface area contributed by atoms with Gasteiger partial charge in [0.2, 0.25) is 5.88 Å². The van der Waals surface area contributed by atoms with E-state index < -0.39 is 0 Å². The van der Waals surface area contributed by atoms with E-state index in [1.807, 2.05) is 18.2 Å². The summed E-state index contributed by atoms with van der Waals surface area (Å²) in [4.78, 5) is 0. The SMILES string of the molecule is COc1n[nH]c2cc(I)ccc12. The second-order valence-corrected chi connectivity index (χ2v) is 3.67. The van der Waals surface area contributed by atoms with Crippen LogP contribution in [0.15, 0.2) is 18.2 Å². The van der Waals surface area contributed by atoms with Gasteiger partial charge in [-0.1, -0.05) is 0 Å². The van der Waals surface area contributed by atoms with E-state index in [4.69, 9.17) is 4.74 Å². The van der Waals surface area contributed by atoms with Crippen LogP contribution >= 0.6 is 22.6 Å². The highest BCUT2D eigenvalue weighted by atomic mass is 127. The van der Waals surface area contributed by atoms with Gasteiger partial charge in [-0.05, 0) is 40.8 Å². The normalized spacial score (nSPS) is 10.5. The summed E-state index contributed by atoms with van der Waals surface area (Å²) in [5.74, 6) is 0.654. The van der Waals surface area contributed by atoms with Gasteiger partial charge >= 0.3 is 0 Å². The molecule has 3 nitrogen and oxygen atoms in total. The fourth-order valence-corrected chi connectivity index (χ4v) is 1.61. The number of hydrogen-bond donors (Lipinski definition) is 1. The van der Waals surface area contributed by atoms with Crippen LogP contribution < -0.4 is 4.74 Å². The average Bonchev–Trinajstić information content (AvgIpc) is 2.46. The molecule has 0 saturated heterocycles. The lowest BCUT2D eigenvalue weighted by atomic mass is 10.2. The van der Waals surface area contributed by atoms with Crippen LogP contribution in [0.5, 0.6) is 5.88 Å². The van der Waals surface area contributed by atoms with E-state index in [0.717, 1.165) is 10.9 Å². The van der Waals surface area contributed by atoms with Crippen LogP contribution in [0.3, 0.4) is 0 Å². The summed E-state index contributed by atoms with van der Waals surface area (Å²) >= 11 is 2.26. The number of nitrogens with one attached hydrogen (secondary N) is 1. The van der Waals surface area contributed by atoms with E-state index >= 15 is 0 Å². The van der Waals surface area contributed by atoms with Crippen molar-refractivity contribution in [3.63, 3.8) is 0 Å². The van der Waals surface area contributed by atoms with E-state index in [1.54, 1.807) is 7.11 Å². The minimum atomic E-state index is 0.654. The Balaban J connectivity index is 2.73. The summed E-state index contributed by atoms with van der Waals surface area (Å²) in [7, 11) is 1.62. The number of nitrogens with zero attached hydrogens (tertiary/aromatic N) is 1. The summed E-state index contributed by atoms with van der Waals surface area (Å²) in [5, 5.41) is 7.93. The molecule has 0 unspecified atom stereocenters. The van der Waals surface area contributed by atoms with Crippen LogP contribution in [0.2, 0.25) is 0 Å². The molecule has 2 aromatic rings. The van der Waals surface area contributed by atoms with Gasteiger partial charge in [-0.15, -0.1) is 5.10 Å². The Morgan fingerprint density at radius 1 is 1.50 bits per heavy atom. The smallest absolute Gasteiger partial charge is 0.240 e. The van der Waals surface area contributed by atoms with E-state index in [2.05, 4.69) is 32.8 Å². The molecule has 0 spiro atoms. The Morgan fingerprint density at radius 3 is 3.08 bits per heavy atom. The minimum Gasteiger partial charge on any atom is -0.480 e. The number of hydrogen-bond acceptors (Lipinski definition) is 2. The van der Waals surface area contributed by atoms with Crippen molar-refractivity contribution in [3.8, 4) is 5.88 Å². The summed E-state index contributed by atoms with van der Waals surface area (Å²) in [5.41, 5.74) is 1.01. The summed E-state index contributed by atoms with van der Waals surface area (Å²) < 4.78 is 6.25. The molecule has 0 saturated carbocycles. The first-order valence-electron chi connectivity index (χ1n) is 3.49. The molecule has 0 fully saturated rings. The Labute approximate surface area is 83.3 Å². The molecule has 0 bridgehead atoms. The molecular formula is C8H7IN2O. The molecule has 1 aromatic carbocycles. The zero-order valence-corrected chi connectivity index (χ0v) is 8.62. The molecule has 62 valence electrons. The first-order valence-corrected chi connectivity index (χ1v) is 4.57. The minimum absolute atomic E-state index is 0.654. The van der Waals surface area contributed by atoms with Gasteiger partial charge in [0.15, 0.2) is 0 Å². The zero-order chi connectivity index (χ0) is 8.55. The van der Waals surface area contributed by atoms with Gasteiger partial charge in [0, 0.05) is 3.57 Å². The average molecular weight is 274 g/mol. The number of halogens is 1. The lowest BCUT2D eigenvalue weighted by molar-refractivity contribution is 0.401. The third kappa shape index (κ3) is 1.16. The predicted molar refractivity (Wildman–Crippen MR) is 55.4 cm³/mol. The number of methoxy groups -OCH3 is 1. The molecule has 0 amide bonds. The van der Waals surface area contributed by atoms with Crippen LogP contribution in [-0.2, 0) is 0 Å². The number of rotatable bonds is 1. The van der Waals surface area contributed by atoms with Gasteiger partial charge in [0.25, 0.3) is 0 Å². The number of aromatic amines is 1. The quantitative estimate of drug-likeness (QED) is 0.809. The van der Waals surface area contributed by atoms with Gasteiger partial charge in [-0.2, -0.15) is 0 Å². The van der Waals surface area contributed by atoms with Crippen molar-refractivity contribution in [3.05, 3.63) is 21.8 Å². The molecule has 0 aliphatic rings. The molecular weight excluding hydrogens is 267 g/mol. The molecule has 2 rings (SSSR count). The molecule has 12 heavy (non-hydrogen) atoms. The maximum atomic E-state index is 5.06. The number of benzene rings is 1. The Morgan fingerprint density at radius 2 is 2.33 bits per heavy atom. The lowest BCUT2D eigenvalue weighted by Crippen LogP contribution is -1.81. The molecule has 0 aliphatic carbocycles. The van der Waals surface area contributed by atoms with Gasteiger partial charge in [0.1, 0.15) is 0 Å². The van der Waals surface area contributed by atoms with Crippen LogP contribution in [0, 0.1) is 3.57 Å².